The van der Waals surface area contributed by atoms with Gasteiger partial charge in [-0.05, 0) is 51.0 Å². The summed E-state index contributed by atoms with van der Waals surface area (Å²) in [5, 5.41) is 2.79. The topological polar surface area (TPSA) is 84.5 Å². The first kappa shape index (κ1) is 19.4. The fraction of sp³-hybridized carbons (Fsp3) is 0.562. The predicted octanol–water partition coefficient (Wildman–Crippen LogP) is 2.06. The standard InChI is InChI=1S/C16H26N2O4S/c1-5-12(3)17-16(19)11-22-14-7-9-15(10-8-14)23(20,21)18-13(4)6-2/h7-10,12-13,18H,5-6,11H2,1-4H3,(H,17,19)/t12-,13-/m1/s1. The SMILES string of the molecule is CC[C@@H](C)NC(=O)COc1ccc(S(=O)(=O)N[C@H](C)CC)cc1. The highest BCUT2D eigenvalue weighted by molar-refractivity contribution is 7.89. The van der Waals surface area contributed by atoms with Crippen LogP contribution in [0.25, 0.3) is 0 Å². The summed E-state index contributed by atoms with van der Waals surface area (Å²) >= 11 is 0. The minimum absolute atomic E-state index is 0.0957. The van der Waals surface area contributed by atoms with E-state index in [-0.39, 0.29) is 29.5 Å². The van der Waals surface area contributed by atoms with Gasteiger partial charge in [0.15, 0.2) is 6.61 Å². The van der Waals surface area contributed by atoms with E-state index in [2.05, 4.69) is 10.0 Å². The fourth-order valence-corrected chi connectivity index (χ4v) is 3.03. The van der Waals surface area contributed by atoms with E-state index in [1.54, 1.807) is 12.1 Å². The van der Waals surface area contributed by atoms with Gasteiger partial charge in [-0.2, -0.15) is 0 Å². The Bertz CT molecular complexity index is 599. The Morgan fingerprint density at radius 1 is 1.09 bits per heavy atom. The highest BCUT2D eigenvalue weighted by atomic mass is 32.2. The summed E-state index contributed by atoms with van der Waals surface area (Å²) in [7, 11) is -3.52. The Morgan fingerprint density at radius 3 is 2.17 bits per heavy atom. The van der Waals surface area contributed by atoms with Gasteiger partial charge in [0, 0.05) is 12.1 Å². The molecule has 6 nitrogen and oxygen atoms in total. The van der Waals surface area contributed by atoms with E-state index in [0.29, 0.717) is 12.2 Å². The Balaban J connectivity index is 2.61. The van der Waals surface area contributed by atoms with Gasteiger partial charge in [-0.3, -0.25) is 4.79 Å². The highest BCUT2D eigenvalue weighted by Gasteiger charge is 2.16. The first-order valence-electron chi connectivity index (χ1n) is 7.83. The largest absolute Gasteiger partial charge is 0.484 e. The average Bonchev–Trinajstić information content (AvgIpc) is 2.52. The second kappa shape index (κ2) is 8.88. The van der Waals surface area contributed by atoms with Crippen LogP contribution >= 0.6 is 0 Å². The van der Waals surface area contributed by atoms with Crippen LogP contribution in [0, 0.1) is 0 Å². The monoisotopic (exact) mass is 342 g/mol. The zero-order chi connectivity index (χ0) is 17.5. The first-order valence-corrected chi connectivity index (χ1v) is 9.31. The van der Waals surface area contributed by atoms with Crippen molar-refractivity contribution in [2.24, 2.45) is 0 Å². The van der Waals surface area contributed by atoms with Crippen LogP contribution in [0.1, 0.15) is 40.5 Å². The summed E-state index contributed by atoms with van der Waals surface area (Å²) in [5.74, 6) is 0.251. The predicted molar refractivity (Wildman–Crippen MR) is 89.9 cm³/mol. The molecule has 0 spiro atoms. The number of amides is 1. The van der Waals surface area contributed by atoms with E-state index in [4.69, 9.17) is 4.74 Å². The molecule has 2 atom stereocenters. The highest BCUT2D eigenvalue weighted by Crippen LogP contribution is 2.16. The maximum atomic E-state index is 12.1. The molecule has 1 amide bonds. The third-order valence-corrected chi connectivity index (χ3v) is 5.10. The maximum absolute atomic E-state index is 12.1. The van der Waals surface area contributed by atoms with Gasteiger partial charge < -0.3 is 10.1 Å². The Kier molecular flexibility index (Phi) is 7.51. The molecule has 0 aromatic heterocycles. The molecule has 1 aromatic carbocycles. The molecule has 0 aliphatic carbocycles. The normalized spacial score (nSPS) is 14.1. The molecule has 23 heavy (non-hydrogen) atoms. The zero-order valence-corrected chi connectivity index (χ0v) is 14.9. The summed E-state index contributed by atoms with van der Waals surface area (Å²) in [5.41, 5.74) is 0. The van der Waals surface area contributed by atoms with Crippen molar-refractivity contribution in [1.82, 2.24) is 10.0 Å². The molecule has 0 bridgehead atoms. The maximum Gasteiger partial charge on any atom is 0.258 e. The van der Waals surface area contributed by atoms with E-state index in [1.165, 1.54) is 12.1 Å². The number of benzene rings is 1. The summed E-state index contributed by atoms with van der Waals surface area (Å²) in [4.78, 5) is 11.8. The lowest BCUT2D eigenvalue weighted by atomic mass is 10.2. The Morgan fingerprint density at radius 2 is 1.65 bits per heavy atom. The molecule has 1 aromatic rings. The van der Waals surface area contributed by atoms with Crippen LogP contribution in [0.4, 0.5) is 0 Å². The number of hydrogen-bond donors (Lipinski definition) is 2. The van der Waals surface area contributed by atoms with E-state index in [0.717, 1.165) is 6.42 Å². The second-order valence-electron chi connectivity index (χ2n) is 5.57. The van der Waals surface area contributed by atoms with Crippen LogP contribution in [0.5, 0.6) is 5.75 Å². The number of carbonyl (C=O) groups excluding carboxylic acids is 1. The smallest absolute Gasteiger partial charge is 0.258 e. The van der Waals surface area contributed by atoms with Crippen molar-refractivity contribution >= 4 is 15.9 Å². The van der Waals surface area contributed by atoms with Gasteiger partial charge in [0.05, 0.1) is 4.90 Å². The quantitative estimate of drug-likeness (QED) is 0.719. The molecule has 130 valence electrons. The molecule has 0 aliphatic rings. The van der Waals surface area contributed by atoms with Crippen molar-refractivity contribution in [3.05, 3.63) is 24.3 Å². The van der Waals surface area contributed by atoms with Crippen molar-refractivity contribution in [2.45, 2.75) is 57.5 Å². The van der Waals surface area contributed by atoms with Crippen molar-refractivity contribution < 1.29 is 17.9 Å². The van der Waals surface area contributed by atoms with Crippen LogP contribution in [-0.2, 0) is 14.8 Å². The summed E-state index contributed by atoms with van der Waals surface area (Å²) in [6.45, 7) is 7.53. The van der Waals surface area contributed by atoms with Crippen LogP contribution in [-0.4, -0.2) is 33.0 Å². The molecule has 0 saturated heterocycles. The van der Waals surface area contributed by atoms with Crippen LogP contribution in [0.15, 0.2) is 29.2 Å². The van der Waals surface area contributed by atoms with Gasteiger partial charge in [-0.25, -0.2) is 13.1 Å². The van der Waals surface area contributed by atoms with Gasteiger partial charge in [-0.1, -0.05) is 13.8 Å². The second-order valence-corrected chi connectivity index (χ2v) is 7.28. The fourth-order valence-electron chi connectivity index (χ4n) is 1.70. The minimum Gasteiger partial charge on any atom is -0.484 e. The lowest BCUT2D eigenvalue weighted by Gasteiger charge is -2.13. The van der Waals surface area contributed by atoms with Crippen LogP contribution in [0.2, 0.25) is 0 Å². The first-order chi connectivity index (χ1) is 10.8. The molecular formula is C16H26N2O4S. The molecule has 0 unspecified atom stereocenters. The van der Waals surface area contributed by atoms with E-state index in [9.17, 15) is 13.2 Å². The van der Waals surface area contributed by atoms with E-state index < -0.39 is 10.0 Å². The van der Waals surface area contributed by atoms with Gasteiger partial charge in [0.25, 0.3) is 5.91 Å². The van der Waals surface area contributed by atoms with Gasteiger partial charge in [0.2, 0.25) is 10.0 Å². The molecule has 1 rings (SSSR count). The molecular weight excluding hydrogens is 316 g/mol. The summed E-state index contributed by atoms with van der Waals surface area (Å²) < 4.78 is 32.2. The van der Waals surface area contributed by atoms with Crippen LogP contribution in [0.3, 0.4) is 0 Å². The molecule has 0 fully saturated rings. The lowest BCUT2D eigenvalue weighted by molar-refractivity contribution is -0.123. The Hall–Kier alpha value is -1.60. The molecule has 7 heteroatoms. The number of ether oxygens (including phenoxy) is 1. The molecule has 0 aliphatic heterocycles. The third kappa shape index (κ3) is 6.58. The molecule has 0 heterocycles. The van der Waals surface area contributed by atoms with Gasteiger partial charge >= 0.3 is 0 Å². The zero-order valence-electron chi connectivity index (χ0n) is 14.1. The summed E-state index contributed by atoms with van der Waals surface area (Å²) in [6, 6.07) is 5.99. The van der Waals surface area contributed by atoms with Crippen molar-refractivity contribution in [1.29, 1.82) is 0 Å². The Labute approximate surface area is 138 Å². The lowest BCUT2D eigenvalue weighted by Crippen LogP contribution is -2.35. The van der Waals surface area contributed by atoms with E-state index >= 15 is 0 Å². The minimum atomic E-state index is -3.52. The van der Waals surface area contributed by atoms with E-state index in [1.807, 2.05) is 27.7 Å². The van der Waals surface area contributed by atoms with Gasteiger partial charge in [-0.15, -0.1) is 0 Å². The molecule has 0 saturated carbocycles. The number of rotatable bonds is 9. The van der Waals surface area contributed by atoms with Gasteiger partial charge in [0.1, 0.15) is 5.75 Å². The molecule has 0 radical (unpaired) electrons. The number of sulfonamides is 1. The third-order valence-electron chi connectivity index (χ3n) is 3.49. The number of nitrogens with one attached hydrogen (secondary N) is 2. The number of hydrogen-bond acceptors (Lipinski definition) is 4. The van der Waals surface area contributed by atoms with Crippen molar-refractivity contribution in [2.75, 3.05) is 6.61 Å². The molecule has 2 N–H and O–H groups in total. The average molecular weight is 342 g/mol. The summed E-state index contributed by atoms with van der Waals surface area (Å²) in [6.07, 6.45) is 1.56. The van der Waals surface area contributed by atoms with Crippen LogP contribution < -0.4 is 14.8 Å². The van der Waals surface area contributed by atoms with Crippen molar-refractivity contribution in [3.8, 4) is 5.75 Å². The number of carbonyl (C=O) groups is 1. The van der Waals surface area contributed by atoms with Crippen molar-refractivity contribution in [3.63, 3.8) is 0 Å².